The van der Waals surface area contributed by atoms with Crippen molar-refractivity contribution in [3.05, 3.63) is 53.8 Å². The van der Waals surface area contributed by atoms with Crippen LogP contribution < -0.4 is 4.74 Å². The van der Waals surface area contributed by atoms with Crippen LogP contribution in [0.25, 0.3) is 11.1 Å². The number of ether oxygens (including phenoxy) is 2. The van der Waals surface area contributed by atoms with Crippen molar-refractivity contribution in [2.45, 2.75) is 82.5 Å². The minimum Gasteiger partial charge on any atom is -0.427 e. The molecule has 1 fully saturated rings. The Morgan fingerprint density at radius 3 is 2.09 bits per heavy atom. The normalized spacial score (nSPS) is 17.4. The molecule has 9 heteroatoms. The molecule has 0 saturated heterocycles. The van der Waals surface area contributed by atoms with Gasteiger partial charge in [-0.15, -0.1) is 0 Å². The largest absolute Gasteiger partial charge is 0.439 e. The van der Waals surface area contributed by atoms with Crippen LogP contribution in [0, 0.1) is 5.82 Å². The second-order valence-corrected chi connectivity index (χ2v) is 8.69. The molecule has 1 atom stereocenters. The second kappa shape index (κ2) is 10.5. The first-order valence-electron chi connectivity index (χ1n) is 11.3. The van der Waals surface area contributed by atoms with Crippen LogP contribution in [0.2, 0.25) is 0 Å². The van der Waals surface area contributed by atoms with Gasteiger partial charge in [-0.05, 0) is 48.1 Å². The lowest BCUT2D eigenvalue weighted by Gasteiger charge is -2.37. The van der Waals surface area contributed by atoms with Crippen molar-refractivity contribution < 1.29 is 40.2 Å². The monoisotopic (exact) mass is 492 g/mol. The van der Waals surface area contributed by atoms with Crippen LogP contribution in [0.5, 0.6) is 5.75 Å². The summed E-state index contributed by atoms with van der Waals surface area (Å²) in [4.78, 5) is 0. The third-order valence-electron chi connectivity index (χ3n) is 6.06. The van der Waals surface area contributed by atoms with E-state index in [1.165, 1.54) is 12.5 Å². The first kappa shape index (κ1) is 26.3. The summed E-state index contributed by atoms with van der Waals surface area (Å²) in [6.45, 7) is 2.57. The summed E-state index contributed by atoms with van der Waals surface area (Å²) in [5.74, 6) is -2.52. The van der Waals surface area contributed by atoms with Gasteiger partial charge in [-0.2, -0.15) is 22.0 Å². The summed E-state index contributed by atoms with van der Waals surface area (Å²) in [5, 5.41) is 0. The summed E-state index contributed by atoms with van der Waals surface area (Å²) in [6, 6.07) is 9.83. The molecule has 0 bridgehead atoms. The van der Waals surface area contributed by atoms with Crippen LogP contribution in [0.3, 0.4) is 0 Å². The molecule has 0 aromatic heterocycles. The van der Waals surface area contributed by atoms with Crippen molar-refractivity contribution in [3.8, 4) is 16.9 Å². The lowest BCUT2D eigenvalue weighted by atomic mass is 9.81. The quantitative estimate of drug-likeness (QED) is 0.327. The molecule has 0 amide bonds. The van der Waals surface area contributed by atoms with E-state index in [0.29, 0.717) is 17.7 Å². The highest BCUT2D eigenvalue weighted by atomic mass is 19.4. The molecule has 3 rings (SSSR count). The van der Waals surface area contributed by atoms with Crippen LogP contribution in [0.15, 0.2) is 42.5 Å². The highest BCUT2D eigenvalue weighted by Crippen LogP contribution is 2.38. The van der Waals surface area contributed by atoms with Gasteiger partial charge in [0.15, 0.2) is 11.6 Å². The number of hydrogen-bond donors (Lipinski definition) is 0. The Balaban J connectivity index is 1.67. The van der Waals surface area contributed by atoms with Crippen LogP contribution in [0.1, 0.15) is 57.4 Å². The van der Waals surface area contributed by atoms with Gasteiger partial charge in [0.25, 0.3) is 6.17 Å². The molecular formula is C25H27F7O2. The van der Waals surface area contributed by atoms with Crippen molar-refractivity contribution in [1.29, 1.82) is 0 Å². The van der Waals surface area contributed by atoms with Crippen molar-refractivity contribution in [2.24, 2.45) is 0 Å². The molecule has 0 spiro atoms. The van der Waals surface area contributed by atoms with E-state index in [4.69, 9.17) is 4.74 Å². The zero-order valence-electron chi connectivity index (χ0n) is 18.7. The number of alkyl halides is 6. The minimum absolute atomic E-state index is 0.0998. The molecule has 34 heavy (non-hydrogen) atoms. The molecule has 1 unspecified atom stereocenters. The molecule has 0 aliphatic heterocycles. The van der Waals surface area contributed by atoms with Gasteiger partial charge in [0.05, 0.1) is 12.2 Å². The zero-order valence-corrected chi connectivity index (χ0v) is 18.7. The van der Waals surface area contributed by atoms with E-state index in [-0.39, 0.29) is 5.60 Å². The topological polar surface area (TPSA) is 18.5 Å². The number of benzene rings is 2. The summed E-state index contributed by atoms with van der Waals surface area (Å²) in [7, 11) is 0. The fourth-order valence-electron chi connectivity index (χ4n) is 4.30. The van der Waals surface area contributed by atoms with Gasteiger partial charge in [0.1, 0.15) is 0 Å². The van der Waals surface area contributed by atoms with Crippen LogP contribution in [0.4, 0.5) is 30.7 Å². The predicted octanol–water partition coefficient (Wildman–Crippen LogP) is 8.38. The van der Waals surface area contributed by atoms with Crippen LogP contribution in [-0.2, 0) is 11.3 Å². The molecular weight excluding hydrogens is 465 g/mol. The Morgan fingerprint density at radius 1 is 0.912 bits per heavy atom. The predicted molar refractivity (Wildman–Crippen MR) is 114 cm³/mol. The number of hydrogen-bond acceptors (Lipinski definition) is 2. The molecule has 1 saturated carbocycles. The van der Waals surface area contributed by atoms with E-state index in [1.54, 1.807) is 12.1 Å². The first-order valence-corrected chi connectivity index (χ1v) is 11.3. The van der Waals surface area contributed by atoms with E-state index in [9.17, 15) is 30.7 Å². The fraction of sp³-hybridized carbons (Fsp3) is 0.520. The standard InChI is InChI=1S/C25H27F7O2/c1-2-12-23(13-4-3-5-14-23)33-16-17-6-8-18(9-7-17)19-10-11-21(20(26)15-19)34-25(31,32)22(27)24(28,29)30/h6-11,15,22H,2-5,12-14,16H2,1H3. The van der Waals surface area contributed by atoms with Gasteiger partial charge in [0, 0.05) is 0 Å². The van der Waals surface area contributed by atoms with E-state index < -0.39 is 30.0 Å². The third-order valence-corrected chi connectivity index (χ3v) is 6.06. The maximum absolute atomic E-state index is 14.3. The Morgan fingerprint density at radius 2 is 1.53 bits per heavy atom. The van der Waals surface area contributed by atoms with Crippen LogP contribution in [-0.4, -0.2) is 24.1 Å². The number of rotatable bonds is 9. The SMILES string of the molecule is CCCC1(OCc2ccc(-c3ccc(OC(F)(F)C(F)C(F)(F)F)c(F)c3)cc2)CCCCC1. The maximum atomic E-state index is 14.3. The fourth-order valence-corrected chi connectivity index (χ4v) is 4.30. The molecule has 188 valence electrons. The summed E-state index contributed by atoms with van der Waals surface area (Å²) >= 11 is 0. The molecule has 1 aliphatic rings. The van der Waals surface area contributed by atoms with E-state index in [2.05, 4.69) is 11.7 Å². The van der Waals surface area contributed by atoms with Crippen molar-refractivity contribution >= 4 is 0 Å². The Bertz CT molecular complexity index is 930. The van der Waals surface area contributed by atoms with E-state index in [0.717, 1.165) is 56.2 Å². The minimum atomic E-state index is -5.85. The summed E-state index contributed by atoms with van der Waals surface area (Å²) in [6.07, 6.45) is -8.06. The van der Waals surface area contributed by atoms with E-state index >= 15 is 0 Å². The molecule has 2 aromatic carbocycles. The van der Waals surface area contributed by atoms with Gasteiger partial charge in [-0.3, -0.25) is 0 Å². The molecule has 2 aromatic rings. The van der Waals surface area contributed by atoms with Crippen molar-refractivity contribution in [3.63, 3.8) is 0 Å². The molecule has 0 heterocycles. The average Bonchev–Trinajstić information content (AvgIpc) is 2.79. The summed E-state index contributed by atoms with van der Waals surface area (Å²) in [5.41, 5.74) is 1.67. The third kappa shape index (κ3) is 6.43. The Hall–Kier alpha value is -2.29. The maximum Gasteiger partial charge on any atom is 0.439 e. The lowest BCUT2D eigenvalue weighted by Crippen LogP contribution is -2.45. The van der Waals surface area contributed by atoms with Crippen LogP contribution >= 0.6 is 0 Å². The molecule has 1 aliphatic carbocycles. The van der Waals surface area contributed by atoms with Crippen molar-refractivity contribution in [2.75, 3.05) is 0 Å². The molecule has 0 radical (unpaired) electrons. The summed E-state index contributed by atoms with van der Waals surface area (Å²) < 4.78 is 101. The zero-order chi connectivity index (χ0) is 25.0. The van der Waals surface area contributed by atoms with Gasteiger partial charge in [-0.25, -0.2) is 8.78 Å². The Kier molecular flexibility index (Phi) is 8.16. The van der Waals surface area contributed by atoms with Gasteiger partial charge in [0.2, 0.25) is 0 Å². The van der Waals surface area contributed by atoms with Gasteiger partial charge < -0.3 is 9.47 Å². The van der Waals surface area contributed by atoms with Gasteiger partial charge >= 0.3 is 12.3 Å². The highest BCUT2D eigenvalue weighted by molar-refractivity contribution is 5.64. The Labute approximate surface area is 194 Å². The smallest absolute Gasteiger partial charge is 0.427 e. The van der Waals surface area contributed by atoms with E-state index in [1.807, 2.05) is 12.1 Å². The van der Waals surface area contributed by atoms with Crippen molar-refractivity contribution in [1.82, 2.24) is 0 Å². The average molecular weight is 492 g/mol. The molecule has 2 nitrogen and oxygen atoms in total. The first-order chi connectivity index (χ1) is 16.0. The highest BCUT2D eigenvalue weighted by Gasteiger charge is 2.59. The second-order valence-electron chi connectivity index (χ2n) is 8.69. The van der Waals surface area contributed by atoms with Gasteiger partial charge in [-0.1, -0.05) is 62.9 Å². The molecule has 0 N–H and O–H groups in total. The lowest BCUT2D eigenvalue weighted by molar-refractivity contribution is -0.305. The number of halogens is 7.